The number of thioether (sulfide) groups is 1. The van der Waals surface area contributed by atoms with Crippen molar-refractivity contribution in [3.8, 4) is 0 Å². The highest BCUT2D eigenvalue weighted by atomic mass is 32.2. The molecule has 0 radical (unpaired) electrons. The average Bonchev–Trinajstić information content (AvgIpc) is 2.42. The summed E-state index contributed by atoms with van der Waals surface area (Å²) in [5, 5.41) is 2.77. The number of halogens is 3. The molecule has 2 aromatic carbocycles. The number of benzene rings is 2. The molecule has 1 amide bonds. The summed E-state index contributed by atoms with van der Waals surface area (Å²) in [6.07, 6.45) is 0. The fourth-order valence-corrected chi connectivity index (χ4v) is 2.41. The van der Waals surface area contributed by atoms with Gasteiger partial charge in [-0.3, -0.25) is 4.79 Å². The second-order valence-corrected chi connectivity index (χ2v) is 5.98. The molecule has 0 aromatic heterocycles. The van der Waals surface area contributed by atoms with Crippen molar-refractivity contribution in [2.24, 2.45) is 0 Å². The Bertz CT molecular complexity index is 681. The van der Waals surface area contributed by atoms with Gasteiger partial charge < -0.3 is 5.32 Å². The molecular weight excluding hydrogens is 311 g/mol. The number of carbonyl (C=O) groups is 1. The molecule has 6 heteroatoms. The van der Waals surface area contributed by atoms with Crippen LogP contribution in [0.5, 0.6) is 0 Å². The molecule has 1 N–H and O–H groups in total. The van der Waals surface area contributed by atoms with E-state index in [1.807, 2.05) is 32.0 Å². The molecule has 0 aliphatic rings. The SMILES string of the molecule is Cc1ccc(C)c(NC(=O)c2ccc(SC(F)(F)F)cc2)c1. The first-order valence-corrected chi connectivity index (χ1v) is 7.31. The molecule has 0 heterocycles. The molecule has 2 aromatic rings. The summed E-state index contributed by atoms with van der Waals surface area (Å²) in [4.78, 5) is 12.2. The van der Waals surface area contributed by atoms with Crippen LogP contribution in [0.4, 0.5) is 18.9 Å². The van der Waals surface area contributed by atoms with E-state index < -0.39 is 5.51 Å². The first kappa shape index (κ1) is 16.4. The molecule has 2 rings (SSSR count). The van der Waals surface area contributed by atoms with Gasteiger partial charge in [-0.15, -0.1) is 0 Å². The van der Waals surface area contributed by atoms with E-state index in [1.165, 1.54) is 24.3 Å². The van der Waals surface area contributed by atoms with Crippen LogP contribution < -0.4 is 5.32 Å². The number of rotatable bonds is 3. The zero-order valence-corrected chi connectivity index (χ0v) is 12.8. The molecular formula is C16H14F3NOS. The van der Waals surface area contributed by atoms with Crippen LogP contribution in [0.15, 0.2) is 47.4 Å². The Morgan fingerprint density at radius 3 is 2.27 bits per heavy atom. The van der Waals surface area contributed by atoms with Gasteiger partial charge in [-0.2, -0.15) is 13.2 Å². The fourth-order valence-electron chi connectivity index (χ4n) is 1.87. The number of amides is 1. The lowest BCUT2D eigenvalue weighted by Gasteiger charge is -2.10. The maximum Gasteiger partial charge on any atom is 0.446 e. The van der Waals surface area contributed by atoms with Crippen molar-refractivity contribution in [3.63, 3.8) is 0 Å². The molecule has 0 bridgehead atoms. The third-order valence-corrected chi connectivity index (χ3v) is 3.73. The first-order valence-electron chi connectivity index (χ1n) is 6.49. The maximum atomic E-state index is 12.3. The standard InChI is InChI=1S/C16H14F3NOS/c1-10-3-4-11(2)14(9-10)20-15(21)12-5-7-13(8-6-12)22-16(17,18)19/h3-9H,1-2H3,(H,20,21). The largest absolute Gasteiger partial charge is 0.446 e. The van der Waals surface area contributed by atoms with Gasteiger partial charge in [-0.1, -0.05) is 12.1 Å². The summed E-state index contributed by atoms with van der Waals surface area (Å²) in [7, 11) is 0. The molecule has 0 atom stereocenters. The fraction of sp³-hybridized carbons (Fsp3) is 0.188. The topological polar surface area (TPSA) is 29.1 Å². The Labute approximate surface area is 130 Å². The van der Waals surface area contributed by atoms with E-state index in [0.29, 0.717) is 11.3 Å². The Morgan fingerprint density at radius 1 is 1.05 bits per heavy atom. The van der Waals surface area contributed by atoms with Crippen LogP contribution in [0.3, 0.4) is 0 Å². The number of hydrogen-bond acceptors (Lipinski definition) is 2. The van der Waals surface area contributed by atoms with E-state index in [9.17, 15) is 18.0 Å². The van der Waals surface area contributed by atoms with Gasteiger partial charge in [0.2, 0.25) is 0 Å². The Kier molecular flexibility index (Phi) is 4.81. The van der Waals surface area contributed by atoms with Gasteiger partial charge in [-0.25, -0.2) is 0 Å². The third-order valence-electron chi connectivity index (χ3n) is 2.99. The molecule has 0 saturated heterocycles. The summed E-state index contributed by atoms with van der Waals surface area (Å²) < 4.78 is 36.8. The van der Waals surface area contributed by atoms with Crippen LogP contribution in [-0.2, 0) is 0 Å². The summed E-state index contributed by atoms with van der Waals surface area (Å²) in [6, 6.07) is 11.0. The lowest BCUT2D eigenvalue weighted by atomic mass is 10.1. The smallest absolute Gasteiger partial charge is 0.322 e. The minimum Gasteiger partial charge on any atom is -0.322 e. The zero-order valence-electron chi connectivity index (χ0n) is 12.0. The molecule has 0 aliphatic carbocycles. The molecule has 0 fully saturated rings. The summed E-state index contributed by atoms with van der Waals surface area (Å²) in [5.41, 5.74) is -1.39. The number of nitrogens with one attached hydrogen (secondary N) is 1. The van der Waals surface area contributed by atoms with Crippen molar-refractivity contribution in [3.05, 3.63) is 59.2 Å². The lowest BCUT2D eigenvalue weighted by Crippen LogP contribution is -2.12. The Hall–Kier alpha value is -1.95. The minimum atomic E-state index is -4.33. The molecule has 2 nitrogen and oxygen atoms in total. The molecule has 0 aliphatic heterocycles. The van der Waals surface area contributed by atoms with E-state index in [0.717, 1.165) is 11.1 Å². The van der Waals surface area contributed by atoms with Crippen molar-refractivity contribution >= 4 is 23.4 Å². The second kappa shape index (κ2) is 6.44. The number of hydrogen-bond donors (Lipinski definition) is 1. The highest BCUT2D eigenvalue weighted by Crippen LogP contribution is 2.36. The van der Waals surface area contributed by atoms with Crippen molar-refractivity contribution in [1.29, 1.82) is 0 Å². The van der Waals surface area contributed by atoms with E-state index in [1.54, 1.807) is 0 Å². The third kappa shape index (κ3) is 4.53. The molecule has 0 saturated carbocycles. The van der Waals surface area contributed by atoms with Gasteiger partial charge >= 0.3 is 5.51 Å². The van der Waals surface area contributed by atoms with E-state index in [-0.39, 0.29) is 22.6 Å². The van der Waals surface area contributed by atoms with E-state index in [2.05, 4.69) is 5.32 Å². The van der Waals surface area contributed by atoms with Gasteiger partial charge in [0.15, 0.2) is 0 Å². The molecule has 0 unspecified atom stereocenters. The summed E-state index contributed by atoms with van der Waals surface area (Å²) in [5.74, 6) is -0.350. The minimum absolute atomic E-state index is 0.0517. The summed E-state index contributed by atoms with van der Waals surface area (Å²) in [6.45, 7) is 3.79. The first-order chi connectivity index (χ1) is 10.2. The van der Waals surface area contributed by atoms with Gasteiger partial charge in [0, 0.05) is 16.1 Å². The highest BCUT2D eigenvalue weighted by molar-refractivity contribution is 8.00. The van der Waals surface area contributed by atoms with Crippen LogP contribution in [-0.4, -0.2) is 11.4 Å². The van der Waals surface area contributed by atoms with Crippen LogP contribution in [0, 0.1) is 13.8 Å². The van der Waals surface area contributed by atoms with Crippen molar-refractivity contribution in [1.82, 2.24) is 0 Å². The maximum absolute atomic E-state index is 12.3. The number of alkyl halides is 3. The second-order valence-electron chi connectivity index (χ2n) is 4.84. The number of anilines is 1. The molecule has 22 heavy (non-hydrogen) atoms. The van der Waals surface area contributed by atoms with E-state index >= 15 is 0 Å². The highest BCUT2D eigenvalue weighted by Gasteiger charge is 2.29. The van der Waals surface area contributed by atoms with Gasteiger partial charge in [-0.05, 0) is 67.1 Å². The number of carbonyl (C=O) groups excluding carboxylic acids is 1. The Morgan fingerprint density at radius 2 is 1.68 bits per heavy atom. The van der Waals surface area contributed by atoms with Crippen LogP contribution in [0.1, 0.15) is 21.5 Å². The quantitative estimate of drug-likeness (QED) is 0.789. The van der Waals surface area contributed by atoms with Gasteiger partial charge in [0.05, 0.1) is 0 Å². The van der Waals surface area contributed by atoms with Crippen molar-refractivity contribution in [2.75, 3.05) is 5.32 Å². The molecule has 0 spiro atoms. The van der Waals surface area contributed by atoms with E-state index in [4.69, 9.17) is 0 Å². The van der Waals surface area contributed by atoms with Crippen LogP contribution in [0.2, 0.25) is 0 Å². The zero-order chi connectivity index (χ0) is 16.3. The summed E-state index contributed by atoms with van der Waals surface area (Å²) >= 11 is -0.202. The monoisotopic (exact) mass is 325 g/mol. The van der Waals surface area contributed by atoms with Crippen molar-refractivity contribution in [2.45, 2.75) is 24.3 Å². The Balaban J connectivity index is 2.11. The predicted molar refractivity (Wildman–Crippen MR) is 82.2 cm³/mol. The van der Waals surface area contributed by atoms with Gasteiger partial charge in [0.1, 0.15) is 0 Å². The predicted octanol–water partition coefficient (Wildman–Crippen LogP) is 5.17. The van der Waals surface area contributed by atoms with Gasteiger partial charge in [0.25, 0.3) is 5.91 Å². The lowest BCUT2D eigenvalue weighted by molar-refractivity contribution is -0.0328. The van der Waals surface area contributed by atoms with Crippen LogP contribution in [0.25, 0.3) is 0 Å². The van der Waals surface area contributed by atoms with Crippen molar-refractivity contribution < 1.29 is 18.0 Å². The number of aryl methyl sites for hydroxylation is 2. The van der Waals surface area contributed by atoms with Crippen LogP contribution >= 0.6 is 11.8 Å². The average molecular weight is 325 g/mol. The normalized spacial score (nSPS) is 11.3. The molecule has 116 valence electrons.